The van der Waals surface area contributed by atoms with Crippen molar-refractivity contribution in [2.24, 2.45) is 0 Å². The van der Waals surface area contributed by atoms with E-state index in [-0.39, 0.29) is 16.9 Å². The van der Waals surface area contributed by atoms with Gasteiger partial charge >= 0.3 is 18.2 Å². The zero-order valence-corrected chi connectivity index (χ0v) is 19.2. The van der Waals surface area contributed by atoms with Gasteiger partial charge in [-0.2, -0.15) is 13.2 Å². The van der Waals surface area contributed by atoms with Crippen LogP contribution in [-0.2, 0) is 15.7 Å². The molecule has 1 N–H and O–H groups in total. The lowest BCUT2D eigenvalue weighted by Gasteiger charge is -2.21. The van der Waals surface area contributed by atoms with Crippen molar-refractivity contribution in [3.63, 3.8) is 0 Å². The molecule has 2 aromatic carbocycles. The van der Waals surface area contributed by atoms with E-state index < -0.39 is 52.4 Å². The molecule has 0 aliphatic carbocycles. The number of carbonyl (C=O) groups is 2. The highest BCUT2D eigenvalue weighted by Crippen LogP contribution is 2.38. The molecule has 3 rings (SSSR count). The van der Waals surface area contributed by atoms with Gasteiger partial charge in [-0.05, 0) is 52.0 Å². The van der Waals surface area contributed by atoms with Crippen LogP contribution in [0, 0.1) is 0 Å². The van der Waals surface area contributed by atoms with Crippen LogP contribution in [-0.4, -0.2) is 23.7 Å². The lowest BCUT2D eigenvalue weighted by atomic mass is 10.2. The molecule has 1 amide bonds. The number of ether oxygens (including phenoxy) is 3. The number of carbonyl (C=O) groups excluding carboxylic acids is 2. The summed E-state index contributed by atoms with van der Waals surface area (Å²) in [5, 5.41) is 2.07. The minimum absolute atomic E-state index is 0.0154. The van der Waals surface area contributed by atoms with Crippen LogP contribution in [0.3, 0.4) is 0 Å². The Morgan fingerprint density at radius 3 is 2.26 bits per heavy atom. The summed E-state index contributed by atoms with van der Waals surface area (Å²) in [6.45, 7) is 6.26. The monoisotopic (exact) mass is 493 g/mol. The lowest BCUT2D eigenvalue weighted by Crippen LogP contribution is -2.43. The van der Waals surface area contributed by atoms with Crippen molar-refractivity contribution < 1.29 is 41.4 Å². The molecule has 0 fully saturated rings. The maximum atomic E-state index is 13.7. The van der Waals surface area contributed by atoms with Gasteiger partial charge in [0, 0.05) is 6.07 Å². The Labute approximate surface area is 197 Å². The van der Waals surface area contributed by atoms with Crippen molar-refractivity contribution >= 4 is 23.0 Å². The van der Waals surface area contributed by atoms with E-state index in [9.17, 15) is 27.6 Å². The van der Waals surface area contributed by atoms with E-state index in [0.29, 0.717) is 0 Å². The number of fused-ring (bicyclic) bond motifs is 1. The average Bonchev–Trinajstić information content (AvgIpc) is 2.74. The zero-order valence-electron chi connectivity index (χ0n) is 19.2. The molecule has 0 radical (unpaired) electrons. The second-order valence-electron chi connectivity index (χ2n) is 8.45. The first-order valence-corrected chi connectivity index (χ1v) is 10.4. The Morgan fingerprint density at radius 1 is 1.00 bits per heavy atom. The molecule has 1 aromatic heterocycles. The minimum Gasteiger partial charge on any atom is -0.449 e. The van der Waals surface area contributed by atoms with E-state index in [1.807, 2.05) is 0 Å². The number of para-hydroxylation sites is 1. The van der Waals surface area contributed by atoms with Crippen molar-refractivity contribution in [1.29, 1.82) is 0 Å². The van der Waals surface area contributed by atoms with Gasteiger partial charge in [0.15, 0.2) is 0 Å². The van der Waals surface area contributed by atoms with Gasteiger partial charge in [-0.1, -0.05) is 18.2 Å². The number of amides is 1. The molecular weight excluding hydrogens is 471 g/mol. The van der Waals surface area contributed by atoms with Crippen LogP contribution in [0.5, 0.6) is 17.2 Å². The quantitative estimate of drug-likeness (QED) is 0.374. The summed E-state index contributed by atoms with van der Waals surface area (Å²) < 4.78 is 61.4. The van der Waals surface area contributed by atoms with Crippen LogP contribution in [0.4, 0.5) is 18.0 Å². The zero-order chi connectivity index (χ0) is 26.0. The topological polar surface area (TPSA) is 104 Å². The number of hydrogen-bond donors (Lipinski definition) is 1. The van der Waals surface area contributed by atoms with E-state index in [1.54, 1.807) is 26.8 Å². The van der Waals surface area contributed by atoms with Crippen molar-refractivity contribution in [2.45, 2.75) is 45.5 Å². The molecule has 1 atom stereocenters. The fourth-order valence-corrected chi connectivity index (χ4v) is 2.85. The van der Waals surface area contributed by atoms with Gasteiger partial charge in [-0.3, -0.25) is 4.79 Å². The summed E-state index contributed by atoms with van der Waals surface area (Å²) in [6.07, 6.45) is -5.90. The molecule has 0 aliphatic heterocycles. The highest BCUT2D eigenvalue weighted by atomic mass is 19.4. The number of alkyl carbamates (subject to hydrolysis) is 1. The predicted octanol–water partition coefficient (Wildman–Crippen LogP) is 5.42. The van der Waals surface area contributed by atoms with Crippen molar-refractivity contribution in [3.8, 4) is 17.2 Å². The van der Waals surface area contributed by atoms with Gasteiger partial charge in [0.05, 0.1) is 5.39 Å². The standard InChI is InChI=1S/C24H22F3NO7/c1-13(28-22(31)35-23(2,3)4)21(30)33-15-10-11-16-17(12-15)34-20(24(25,26)27)19(18(16)29)32-14-8-6-5-7-9-14/h5-13H,1-4H3,(H,28,31)/t13-/m1/s1. The smallest absolute Gasteiger partial charge is 0.449 e. The van der Waals surface area contributed by atoms with E-state index in [4.69, 9.17) is 18.6 Å². The van der Waals surface area contributed by atoms with Gasteiger partial charge in [-0.25, -0.2) is 9.59 Å². The number of rotatable bonds is 5. The predicted molar refractivity (Wildman–Crippen MR) is 118 cm³/mol. The number of halogens is 3. The maximum absolute atomic E-state index is 13.7. The van der Waals surface area contributed by atoms with Gasteiger partial charge in [0.25, 0.3) is 5.76 Å². The SMILES string of the molecule is C[C@@H](NC(=O)OC(C)(C)C)C(=O)Oc1ccc2c(=O)c(Oc3ccccc3)c(C(F)(F)F)oc2c1. The summed E-state index contributed by atoms with van der Waals surface area (Å²) in [6, 6.07) is 9.65. The third-order valence-electron chi connectivity index (χ3n) is 4.35. The molecule has 0 aliphatic rings. The molecule has 0 saturated carbocycles. The number of nitrogens with one attached hydrogen (secondary N) is 1. The van der Waals surface area contributed by atoms with Crippen molar-refractivity contribution in [2.75, 3.05) is 0 Å². The third-order valence-corrected chi connectivity index (χ3v) is 4.35. The first-order chi connectivity index (χ1) is 16.2. The molecule has 1 heterocycles. The highest BCUT2D eigenvalue weighted by molar-refractivity contribution is 5.84. The largest absolute Gasteiger partial charge is 0.453 e. The third kappa shape index (κ3) is 6.52. The Hall–Kier alpha value is -4.02. The van der Waals surface area contributed by atoms with E-state index in [0.717, 1.165) is 12.1 Å². The molecule has 0 saturated heterocycles. The molecular formula is C24H22F3NO7. The van der Waals surface area contributed by atoms with Crippen molar-refractivity contribution in [3.05, 3.63) is 64.5 Å². The Kier molecular flexibility index (Phi) is 7.09. The summed E-state index contributed by atoms with van der Waals surface area (Å²) in [7, 11) is 0. The normalized spacial score (nSPS) is 12.7. The number of hydrogen-bond acceptors (Lipinski definition) is 7. The maximum Gasteiger partial charge on any atom is 0.453 e. The summed E-state index contributed by atoms with van der Waals surface area (Å²) >= 11 is 0. The molecule has 8 nitrogen and oxygen atoms in total. The Balaban J connectivity index is 1.89. The summed E-state index contributed by atoms with van der Waals surface area (Å²) in [5.41, 5.74) is -2.32. The van der Waals surface area contributed by atoms with Crippen LogP contribution < -0.4 is 20.2 Å². The summed E-state index contributed by atoms with van der Waals surface area (Å²) in [4.78, 5) is 37.0. The van der Waals surface area contributed by atoms with Crippen LogP contribution in [0.25, 0.3) is 11.0 Å². The van der Waals surface area contributed by atoms with Gasteiger partial charge in [0.2, 0.25) is 11.2 Å². The molecule has 35 heavy (non-hydrogen) atoms. The van der Waals surface area contributed by atoms with Crippen molar-refractivity contribution in [1.82, 2.24) is 5.32 Å². The van der Waals surface area contributed by atoms with Crippen LogP contribution in [0.1, 0.15) is 33.5 Å². The fourth-order valence-electron chi connectivity index (χ4n) is 2.85. The number of benzene rings is 2. The van der Waals surface area contributed by atoms with Crippen LogP contribution in [0.15, 0.2) is 57.7 Å². The molecule has 3 aromatic rings. The van der Waals surface area contributed by atoms with E-state index in [2.05, 4.69) is 5.32 Å². The fraction of sp³-hybridized carbons (Fsp3) is 0.292. The van der Waals surface area contributed by atoms with Crippen LogP contribution in [0.2, 0.25) is 0 Å². The van der Waals surface area contributed by atoms with E-state index in [1.165, 1.54) is 37.3 Å². The lowest BCUT2D eigenvalue weighted by molar-refractivity contribution is -0.154. The molecule has 0 bridgehead atoms. The van der Waals surface area contributed by atoms with Gasteiger partial charge < -0.3 is 23.9 Å². The molecule has 0 unspecified atom stereocenters. The molecule has 11 heteroatoms. The first-order valence-electron chi connectivity index (χ1n) is 10.4. The highest BCUT2D eigenvalue weighted by Gasteiger charge is 2.40. The van der Waals surface area contributed by atoms with E-state index >= 15 is 0 Å². The Bertz CT molecular complexity index is 1290. The molecule has 186 valence electrons. The second kappa shape index (κ2) is 9.69. The summed E-state index contributed by atoms with van der Waals surface area (Å²) in [5.74, 6) is -3.76. The second-order valence-corrected chi connectivity index (χ2v) is 8.45. The Morgan fingerprint density at radius 2 is 1.66 bits per heavy atom. The van der Waals surface area contributed by atoms with Gasteiger partial charge in [-0.15, -0.1) is 0 Å². The first kappa shape index (κ1) is 25.6. The average molecular weight is 493 g/mol. The van der Waals surface area contributed by atoms with Gasteiger partial charge in [0.1, 0.15) is 28.7 Å². The minimum atomic E-state index is -5.05. The number of alkyl halides is 3. The van der Waals surface area contributed by atoms with Crippen LogP contribution >= 0.6 is 0 Å². The molecule has 0 spiro atoms. The number of esters is 1.